The lowest BCUT2D eigenvalue weighted by Crippen LogP contribution is -2.26. The standard InChI is InChI=1S/C12H16N4O2S/c1-8(15-16-12(13)19)7-11(17)14-9-3-5-10(18-2)6-4-9/h3-6H,7H2,1-2H3,(H,14,17)(H3,13,16,19)/b15-8+. The van der Waals surface area contributed by atoms with Crippen LogP contribution in [0.25, 0.3) is 0 Å². The topological polar surface area (TPSA) is 88.7 Å². The van der Waals surface area contributed by atoms with Gasteiger partial charge in [0.05, 0.1) is 13.5 Å². The van der Waals surface area contributed by atoms with E-state index in [1.165, 1.54) is 0 Å². The van der Waals surface area contributed by atoms with Crippen LogP contribution in [0.2, 0.25) is 0 Å². The Kier molecular flexibility index (Phi) is 5.74. The average molecular weight is 280 g/mol. The molecular weight excluding hydrogens is 264 g/mol. The zero-order valence-electron chi connectivity index (χ0n) is 10.8. The molecule has 19 heavy (non-hydrogen) atoms. The van der Waals surface area contributed by atoms with Crippen LogP contribution in [-0.4, -0.2) is 23.8 Å². The van der Waals surface area contributed by atoms with Crippen LogP contribution >= 0.6 is 12.2 Å². The maximum Gasteiger partial charge on any atom is 0.230 e. The fraction of sp³-hybridized carbons (Fsp3) is 0.250. The van der Waals surface area contributed by atoms with Crippen molar-refractivity contribution in [1.82, 2.24) is 5.43 Å². The van der Waals surface area contributed by atoms with E-state index in [0.717, 1.165) is 5.75 Å². The number of hydrazone groups is 1. The highest BCUT2D eigenvalue weighted by Crippen LogP contribution is 2.15. The van der Waals surface area contributed by atoms with E-state index in [2.05, 4.69) is 28.1 Å². The summed E-state index contributed by atoms with van der Waals surface area (Å²) in [4.78, 5) is 11.7. The molecule has 0 unspecified atom stereocenters. The highest BCUT2D eigenvalue weighted by atomic mass is 32.1. The van der Waals surface area contributed by atoms with Gasteiger partial charge in [-0.1, -0.05) is 0 Å². The molecule has 0 spiro atoms. The van der Waals surface area contributed by atoms with Crippen LogP contribution in [0.3, 0.4) is 0 Å². The summed E-state index contributed by atoms with van der Waals surface area (Å²) in [6, 6.07) is 7.06. The smallest absolute Gasteiger partial charge is 0.230 e. The Morgan fingerprint density at radius 3 is 2.58 bits per heavy atom. The summed E-state index contributed by atoms with van der Waals surface area (Å²) in [6.07, 6.45) is 0.154. The van der Waals surface area contributed by atoms with Crippen LogP contribution in [0.4, 0.5) is 5.69 Å². The number of carbonyl (C=O) groups is 1. The average Bonchev–Trinajstić information content (AvgIpc) is 2.37. The number of ether oxygens (including phenoxy) is 1. The van der Waals surface area contributed by atoms with Crippen molar-refractivity contribution < 1.29 is 9.53 Å². The third-order valence-corrected chi connectivity index (χ3v) is 2.24. The van der Waals surface area contributed by atoms with Gasteiger partial charge in [0.2, 0.25) is 5.91 Å². The molecule has 0 aliphatic heterocycles. The van der Waals surface area contributed by atoms with Gasteiger partial charge >= 0.3 is 0 Å². The molecule has 4 N–H and O–H groups in total. The lowest BCUT2D eigenvalue weighted by Gasteiger charge is -2.06. The van der Waals surface area contributed by atoms with Crippen LogP contribution < -0.4 is 21.2 Å². The molecule has 0 radical (unpaired) electrons. The predicted octanol–water partition coefficient (Wildman–Crippen LogP) is 1.23. The van der Waals surface area contributed by atoms with Crippen LogP contribution in [0, 0.1) is 0 Å². The zero-order valence-corrected chi connectivity index (χ0v) is 11.6. The lowest BCUT2D eigenvalue weighted by molar-refractivity contribution is -0.115. The van der Waals surface area contributed by atoms with Crippen LogP contribution in [0.15, 0.2) is 29.4 Å². The van der Waals surface area contributed by atoms with Gasteiger partial charge in [-0.25, -0.2) is 0 Å². The van der Waals surface area contributed by atoms with Crippen molar-refractivity contribution in [2.45, 2.75) is 13.3 Å². The Bertz CT molecular complexity index is 485. The number of amides is 1. The molecule has 1 aromatic rings. The first kappa shape index (κ1) is 14.9. The molecule has 0 saturated carbocycles. The number of carbonyl (C=O) groups excluding carboxylic acids is 1. The second-order valence-corrected chi connectivity index (χ2v) is 4.22. The molecule has 0 heterocycles. The maximum atomic E-state index is 11.7. The molecule has 1 aromatic carbocycles. The third kappa shape index (κ3) is 5.82. The highest BCUT2D eigenvalue weighted by molar-refractivity contribution is 7.80. The molecule has 0 fully saturated rings. The van der Waals surface area contributed by atoms with Crippen molar-refractivity contribution in [3.8, 4) is 5.75 Å². The predicted molar refractivity (Wildman–Crippen MR) is 79.3 cm³/mol. The number of methoxy groups -OCH3 is 1. The first-order valence-corrected chi connectivity index (χ1v) is 5.94. The molecule has 0 atom stereocenters. The lowest BCUT2D eigenvalue weighted by atomic mass is 10.2. The number of nitrogens with two attached hydrogens (primary N) is 1. The monoisotopic (exact) mass is 280 g/mol. The van der Waals surface area contributed by atoms with Crippen LogP contribution in [0.1, 0.15) is 13.3 Å². The van der Waals surface area contributed by atoms with Gasteiger partial charge in [0.25, 0.3) is 0 Å². The van der Waals surface area contributed by atoms with Gasteiger partial charge in [-0.15, -0.1) is 0 Å². The van der Waals surface area contributed by atoms with Gasteiger partial charge in [0.15, 0.2) is 5.11 Å². The molecule has 7 heteroatoms. The van der Waals surface area contributed by atoms with E-state index in [1.54, 1.807) is 38.3 Å². The third-order valence-electron chi connectivity index (χ3n) is 2.15. The minimum atomic E-state index is -0.170. The summed E-state index contributed by atoms with van der Waals surface area (Å²) >= 11 is 4.60. The quantitative estimate of drug-likeness (QED) is 0.429. The van der Waals surface area contributed by atoms with E-state index in [-0.39, 0.29) is 17.4 Å². The maximum absolute atomic E-state index is 11.7. The van der Waals surface area contributed by atoms with Gasteiger partial charge in [-0.2, -0.15) is 5.10 Å². The van der Waals surface area contributed by atoms with Gasteiger partial charge < -0.3 is 15.8 Å². The molecule has 1 rings (SSSR count). The van der Waals surface area contributed by atoms with Crippen LogP contribution in [0.5, 0.6) is 5.75 Å². The molecule has 0 aromatic heterocycles. The second kappa shape index (κ2) is 7.32. The number of thiocarbonyl (C=S) groups is 1. The van der Waals surface area contributed by atoms with E-state index in [0.29, 0.717) is 11.4 Å². The van der Waals surface area contributed by atoms with Gasteiger partial charge in [-0.05, 0) is 43.4 Å². The van der Waals surface area contributed by atoms with Crippen molar-refractivity contribution in [3.05, 3.63) is 24.3 Å². The SMILES string of the molecule is COc1ccc(NC(=O)C/C(C)=N/NC(N)=S)cc1. The fourth-order valence-electron chi connectivity index (χ4n) is 1.30. The summed E-state index contributed by atoms with van der Waals surface area (Å²) in [5.41, 5.74) is 8.93. The van der Waals surface area contributed by atoms with Gasteiger partial charge in [0, 0.05) is 11.4 Å². The Morgan fingerprint density at radius 1 is 1.42 bits per heavy atom. The van der Waals surface area contributed by atoms with Crippen molar-refractivity contribution in [2.24, 2.45) is 10.8 Å². The molecule has 0 aliphatic carbocycles. The summed E-state index contributed by atoms with van der Waals surface area (Å²) in [6.45, 7) is 1.71. The minimum Gasteiger partial charge on any atom is -0.497 e. The summed E-state index contributed by atoms with van der Waals surface area (Å²) in [5, 5.41) is 6.66. The highest BCUT2D eigenvalue weighted by Gasteiger charge is 2.04. The molecule has 0 bridgehead atoms. The van der Waals surface area contributed by atoms with Gasteiger partial charge in [0.1, 0.15) is 5.75 Å². The molecule has 6 nitrogen and oxygen atoms in total. The number of hydrogen-bond donors (Lipinski definition) is 3. The first-order chi connectivity index (χ1) is 9.01. The van der Waals surface area contributed by atoms with E-state index >= 15 is 0 Å². The number of benzene rings is 1. The van der Waals surface area contributed by atoms with E-state index in [1.807, 2.05) is 0 Å². The van der Waals surface area contributed by atoms with Gasteiger partial charge in [-0.3, -0.25) is 10.2 Å². The zero-order chi connectivity index (χ0) is 14.3. The van der Waals surface area contributed by atoms with Crippen molar-refractivity contribution in [2.75, 3.05) is 12.4 Å². The number of anilines is 1. The number of nitrogens with one attached hydrogen (secondary N) is 2. The number of rotatable bonds is 5. The van der Waals surface area contributed by atoms with Crippen molar-refractivity contribution in [3.63, 3.8) is 0 Å². The minimum absolute atomic E-state index is 0.0647. The Labute approximate surface area is 117 Å². The number of nitrogens with zero attached hydrogens (tertiary/aromatic N) is 1. The second-order valence-electron chi connectivity index (χ2n) is 3.78. The van der Waals surface area contributed by atoms with E-state index in [4.69, 9.17) is 10.5 Å². The first-order valence-electron chi connectivity index (χ1n) is 5.53. The summed E-state index contributed by atoms with van der Waals surface area (Å²) in [5.74, 6) is 0.563. The van der Waals surface area contributed by atoms with Crippen molar-refractivity contribution >= 4 is 34.6 Å². The molecule has 0 saturated heterocycles. The fourth-order valence-corrected chi connectivity index (χ4v) is 1.35. The molecule has 0 aliphatic rings. The largest absolute Gasteiger partial charge is 0.497 e. The number of hydrogen-bond acceptors (Lipinski definition) is 4. The molecule has 1 amide bonds. The van der Waals surface area contributed by atoms with E-state index < -0.39 is 0 Å². The van der Waals surface area contributed by atoms with Crippen molar-refractivity contribution in [1.29, 1.82) is 0 Å². The summed E-state index contributed by atoms with van der Waals surface area (Å²) < 4.78 is 5.03. The van der Waals surface area contributed by atoms with E-state index in [9.17, 15) is 4.79 Å². The Morgan fingerprint density at radius 2 is 2.05 bits per heavy atom. The Hall–Kier alpha value is -2.15. The van der Waals surface area contributed by atoms with Crippen LogP contribution in [-0.2, 0) is 4.79 Å². The molecular formula is C12H16N4O2S. The normalized spacial score (nSPS) is 10.7. The summed E-state index contributed by atoms with van der Waals surface area (Å²) in [7, 11) is 1.59. The molecule has 102 valence electrons. The Balaban J connectivity index is 2.50.